The Hall–Kier alpha value is -2.75. The lowest BCUT2D eigenvalue weighted by Gasteiger charge is -2.31. The quantitative estimate of drug-likeness (QED) is 0.515. The fraction of sp³-hybridized carbons (Fsp3) is 0.450. The number of carbonyl (C=O) groups excluding carboxylic acids is 3. The Kier molecular flexibility index (Phi) is 5.48. The molecule has 0 fully saturated rings. The van der Waals surface area contributed by atoms with Gasteiger partial charge in [0.05, 0.1) is 19.9 Å². The van der Waals surface area contributed by atoms with Crippen LogP contribution in [0.15, 0.2) is 35.4 Å². The molecule has 9 heteroatoms. The highest BCUT2D eigenvalue weighted by atomic mass is 16.9. The summed E-state index contributed by atoms with van der Waals surface area (Å²) in [4.78, 5) is 40.8. The Bertz CT molecular complexity index is 888. The summed E-state index contributed by atoms with van der Waals surface area (Å²) in [6.45, 7) is 2.30. The summed E-state index contributed by atoms with van der Waals surface area (Å²) in [6.07, 6.45) is 0.664. The van der Waals surface area contributed by atoms with Crippen LogP contribution in [0.25, 0.3) is 0 Å². The second-order valence-electron chi connectivity index (χ2n) is 6.45. The van der Waals surface area contributed by atoms with Crippen molar-refractivity contribution >= 4 is 23.5 Å². The molecule has 1 aromatic carbocycles. The van der Waals surface area contributed by atoms with E-state index in [1.165, 1.54) is 19.1 Å². The first-order valence-electron chi connectivity index (χ1n) is 9.02. The van der Waals surface area contributed by atoms with Gasteiger partial charge in [-0.25, -0.2) is 9.59 Å². The summed E-state index contributed by atoms with van der Waals surface area (Å²) in [5.74, 6) is -4.55. The van der Waals surface area contributed by atoms with Gasteiger partial charge in [0.15, 0.2) is 0 Å². The Balaban J connectivity index is 2.42. The molecule has 0 radical (unpaired) electrons. The number of fused-ring (bicyclic) bond motifs is 2. The molecule has 1 spiro atoms. The summed E-state index contributed by atoms with van der Waals surface area (Å²) in [5, 5.41) is 0. The molecule has 0 aliphatic carbocycles. The minimum atomic E-state index is -2.14. The molecule has 2 heterocycles. The largest absolute Gasteiger partial charge is 0.466 e. The van der Waals surface area contributed by atoms with Crippen molar-refractivity contribution in [3.8, 4) is 0 Å². The van der Waals surface area contributed by atoms with Crippen LogP contribution in [0.1, 0.15) is 18.9 Å². The number of benzene rings is 1. The van der Waals surface area contributed by atoms with Gasteiger partial charge >= 0.3 is 17.9 Å². The SMILES string of the molecule is CCCN1C(=O)C2(OC(OC)(OC)C(C(=O)OC)=C2C(=O)OC)c2ccccc21. The Morgan fingerprint density at radius 3 is 2.14 bits per heavy atom. The molecule has 1 aromatic rings. The minimum Gasteiger partial charge on any atom is -0.466 e. The van der Waals surface area contributed by atoms with Crippen LogP contribution >= 0.6 is 0 Å². The van der Waals surface area contributed by atoms with Crippen molar-refractivity contribution in [2.75, 3.05) is 39.9 Å². The monoisotopic (exact) mass is 405 g/mol. The van der Waals surface area contributed by atoms with Gasteiger partial charge in [-0.15, -0.1) is 0 Å². The third-order valence-corrected chi connectivity index (χ3v) is 5.08. The van der Waals surface area contributed by atoms with Gasteiger partial charge in [0.1, 0.15) is 11.1 Å². The molecule has 0 saturated heterocycles. The van der Waals surface area contributed by atoms with Crippen LogP contribution in [0.2, 0.25) is 0 Å². The van der Waals surface area contributed by atoms with Crippen LogP contribution in [0.4, 0.5) is 5.69 Å². The molecule has 0 aromatic heterocycles. The lowest BCUT2D eigenvalue weighted by atomic mass is 9.85. The van der Waals surface area contributed by atoms with E-state index < -0.39 is 29.4 Å². The van der Waals surface area contributed by atoms with E-state index in [-0.39, 0.29) is 11.1 Å². The summed E-state index contributed by atoms with van der Waals surface area (Å²) < 4.78 is 26.6. The number of hydrogen-bond acceptors (Lipinski definition) is 8. The molecule has 1 unspecified atom stereocenters. The summed E-state index contributed by atoms with van der Waals surface area (Å²) in [6, 6.07) is 6.87. The molecule has 0 saturated carbocycles. The van der Waals surface area contributed by atoms with Crippen molar-refractivity contribution in [3.05, 3.63) is 41.0 Å². The van der Waals surface area contributed by atoms with Gasteiger partial charge in [0.2, 0.25) is 5.60 Å². The average Bonchev–Trinajstić information content (AvgIpc) is 3.19. The van der Waals surface area contributed by atoms with E-state index in [2.05, 4.69) is 0 Å². The van der Waals surface area contributed by atoms with Crippen molar-refractivity contribution in [2.45, 2.75) is 24.9 Å². The highest BCUT2D eigenvalue weighted by Gasteiger charge is 2.69. The van der Waals surface area contributed by atoms with Crippen LogP contribution in [-0.2, 0) is 43.7 Å². The predicted molar refractivity (Wildman–Crippen MR) is 99.7 cm³/mol. The zero-order valence-electron chi connectivity index (χ0n) is 16.9. The maximum absolute atomic E-state index is 13.7. The summed E-state index contributed by atoms with van der Waals surface area (Å²) in [7, 11) is 4.75. The molecule has 3 rings (SSSR count). The number of amides is 1. The first kappa shape index (κ1) is 21.0. The van der Waals surface area contributed by atoms with Crippen molar-refractivity contribution in [1.29, 1.82) is 0 Å². The van der Waals surface area contributed by atoms with E-state index in [9.17, 15) is 14.4 Å². The molecular formula is C20H23NO8. The zero-order valence-corrected chi connectivity index (χ0v) is 16.9. The first-order chi connectivity index (χ1) is 13.9. The lowest BCUT2D eigenvalue weighted by Crippen LogP contribution is -2.48. The normalized spacial score (nSPS) is 22.2. The lowest BCUT2D eigenvalue weighted by molar-refractivity contribution is -0.349. The van der Waals surface area contributed by atoms with Crippen molar-refractivity contribution < 1.29 is 38.1 Å². The molecule has 9 nitrogen and oxygen atoms in total. The number of hydrogen-bond donors (Lipinski definition) is 0. The topological polar surface area (TPSA) is 101 Å². The number of rotatable bonds is 6. The van der Waals surface area contributed by atoms with Gasteiger partial charge < -0.3 is 23.8 Å². The third kappa shape index (κ3) is 2.69. The van der Waals surface area contributed by atoms with E-state index in [1.807, 2.05) is 6.92 Å². The minimum absolute atomic E-state index is 0.327. The number of ether oxygens (including phenoxy) is 5. The van der Waals surface area contributed by atoms with Crippen LogP contribution in [0, 0.1) is 0 Å². The number of para-hydroxylation sites is 1. The molecule has 0 bridgehead atoms. The third-order valence-electron chi connectivity index (χ3n) is 5.08. The summed E-state index contributed by atoms with van der Waals surface area (Å²) in [5.41, 5.74) is -1.73. The molecule has 1 atom stereocenters. The zero-order chi connectivity index (χ0) is 21.4. The van der Waals surface area contributed by atoms with Gasteiger partial charge in [0.25, 0.3) is 5.91 Å². The van der Waals surface area contributed by atoms with E-state index in [4.69, 9.17) is 23.7 Å². The highest BCUT2D eigenvalue weighted by Crippen LogP contribution is 2.56. The van der Waals surface area contributed by atoms with Crippen LogP contribution in [0.5, 0.6) is 0 Å². The summed E-state index contributed by atoms with van der Waals surface area (Å²) >= 11 is 0. The van der Waals surface area contributed by atoms with Crippen molar-refractivity contribution in [1.82, 2.24) is 0 Å². The van der Waals surface area contributed by atoms with Gasteiger partial charge in [-0.3, -0.25) is 9.53 Å². The Morgan fingerprint density at radius 2 is 1.59 bits per heavy atom. The fourth-order valence-corrected chi connectivity index (χ4v) is 3.89. The number of anilines is 1. The van der Waals surface area contributed by atoms with Gasteiger partial charge in [-0.1, -0.05) is 25.1 Å². The number of nitrogens with zero attached hydrogens (tertiary/aromatic N) is 1. The van der Waals surface area contributed by atoms with Gasteiger partial charge in [-0.05, 0) is 12.5 Å². The van der Waals surface area contributed by atoms with Gasteiger partial charge in [-0.2, -0.15) is 0 Å². The molecular weight excluding hydrogens is 382 g/mol. The second-order valence-corrected chi connectivity index (χ2v) is 6.45. The number of methoxy groups -OCH3 is 4. The molecule has 156 valence electrons. The molecule has 2 aliphatic heterocycles. The molecule has 0 N–H and O–H groups in total. The average molecular weight is 405 g/mol. The predicted octanol–water partition coefficient (Wildman–Crippen LogP) is 1.26. The van der Waals surface area contributed by atoms with Crippen LogP contribution < -0.4 is 4.90 Å². The number of carbonyl (C=O) groups is 3. The van der Waals surface area contributed by atoms with E-state index >= 15 is 0 Å². The van der Waals surface area contributed by atoms with Crippen LogP contribution in [0.3, 0.4) is 0 Å². The maximum atomic E-state index is 13.7. The smallest absolute Gasteiger partial charge is 0.342 e. The van der Waals surface area contributed by atoms with E-state index in [0.717, 1.165) is 14.2 Å². The molecule has 1 amide bonds. The standard InChI is InChI=1S/C20H23NO8/c1-6-11-21-13-10-8-7-9-12(13)19(18(21)24)14(16(22)25-2)15(17(23)26-3)20(27-4,28-5)29-19/h7-10H,6,11H2,1-5H3. The van der Waals surface area contributed by atoms with Crippen molar-refractivity contribution in [2.24, 2.45) is 0 Å². The molecule has 2 aliphatic rings. The van der Waals surface area contributed by atoms with Gasteiger partial charge in [0, 0.05) is 26.3 Å². The van der Waals surface area contributed by atoms with E-state index in [1.54, 1.807) is 24.3 Å². The van der Waals surface area contributed by atoms with Crippen LogP contribution in [-0.4, -0.2) is 58.8 Å². The van der Waals surface area contributed by atoms with E-state index in [0.29, 0.717) is 24.2 Å². The Morgan fingerprint density at radius 1 is 1.00 bits per heavy atom. The highest BCUT2D eigenvalue weighted by molar-refractivity contribution is 6.17. The maximum Gasteiger partial charge on any atom is 0.342 e. The molecule has 29 heavy (non-hydrogen) atoms. The second kappa shape index (κ2) is 7.58. The fourth-order valence-electron chi connectivity index (χ4n) is 3.89. The van der Waals surface area contributed by atoms with Crippen molar-refractivity contribution in [3.63, 3.8) is 0 Å². The first-order valence-corrected chi connectivity index (χ1v) is 9.02. The Labute approximate surface area is 168 Å². The number of esters is 2.